The fourth-order valence-corrected chi connectivity index (χ4v) is 3.31. The van der Waals surface area contributed by atoms with Crippen molar-refractivity contribution >= 4 is 15.7 Å². The third kappa shape index (κ3) is 5.32. The average Bonchev–Trinajstić information content (AvgIpc) is 2.15. The molecule has 0 aromatic heterocycles. The van der Waals surface area contributed by atoms with Gasteiger partial charge in [-0.25, -0.2) is 8.42 Å². The summed E-state index contributed by atoms with van der Waals surface area (Å²) in [6.45, 7) is 5.93. The van der Waals surface area contributed by atoms with E-state index in [0.29, 0.717) is 13.0 Å². The summed E-state index contributed by atoms with van der Waals surface area (Å²) in [6, 6.07) is -0.218. The maximum absolute atomic E-state index is 11.6. The summed E-state index contributed by atoms with van der Waals surface area (Å²) >= 11 is 0. The molecule has 0 bridgehead atoms. The largest absolute Gasteiger partial charge is 0.353 e. The molecule has 0 saturated carbocycles. The van der Waals surface area contributed by atoms with Gasteiger partial charge in [-0.3, -0.25) is 4.79 Å². The zero-order valence-electron chi connectivity index (χ0n) is 10.1. The summed E-state index contributed by atoms with van der Waals surface area (Å²) in [5.41, 5.74) is 0. The number of nitrogens with one attached hydrogen (secondary N) is 2. The molecule has 0 radical (unpaired) electrons. The molecular formula is C11H20N2O3S. The molecule has 2 atom stereocenters. The van der Waals surface area contributed by atoms with Gasteiger partial charge in [-0.05, 0) is 13.3 Å². The molecule has 98 valence electrons. The SMILES string of the molecule is C=CCC(C)NC(=O)CC1CS(=O)(=O)CCN1. The van der Waals surface area contributed by atoms with E-state index < -0.39 is 9.84 Å². The predicted molar refractivity (Wildman–Crippen MR) is 67.5 cm³/mol. The molecule has 1 aliphatic heterocycles. The van der Waals surface area contributed by atoms with Crippen molar-refractivity contribution in [1.29, 1.82) is 0 Å². The molecule has 0 aromatic rings. The van der Waals surface area contributed by atoms with Crippen molar-refractivity contribution in [1.82, 2.24) is 10.6 Å². The molecule has 5 nitrogen and oxygen atoms in total. The smallest absolute Gasteiger partial charge is 0.221 e. The first-order valence-electron chi connectivity index (χ1n) is 5.77. The van der Waals surface area contributed by atoms with Crippen LogP contribution < -0.4 is 10.6 Å². The van der Waals surface area contributed by atoms with Crippen LogP contribution in [-0.2, 0) is 14.6 Å². The summed E-state index contributed by atoms with van der Waals surface area (Å²) < 4.78 is 22.8. The van der Waals surface area contributed by atoms with E-state index in [1.165, 1.54) is 0 Å². The lowest BCUT2D eigenvalue weighted by atomic mass is 10.2. The normalized spacial score (nSPS) is 24.9. The van der Waals surface area contributed by atoms with Crippen LogP contribution in [0, 0.1) is 0 Å². The van der Waals surface area contributed by atoms with Crippen LogP contribution in [0.2, 0.25) is 0 Å². The molecule has 1 fully saturated rings. The lowest BCUT2D eigenvalue weighted by Gasteiger charge is -2.23. The Kier molecular flexibility index (Phi) is 5.14. The van der Waals surface area contributed by atoms with Crippen LogP contribution in [-0.4, -0.2) is 44.5 Å². The molecule has 0 aromatic carbocycles. The fourth-order valence-electron chi connectivity index (χ4n) is 1.86. The van der Waals surface area contributed by atoms with E-state index in [1.54, 1.807) is 6.08 Å². The molecule has 2 unspecified atom stereocenters. The van der Waals surface area contributed by atoms with E-state index in [1.807, 2.05) is 6.92 Å². The van der Waals surface area contributed by atoms with Crippen molar-refractivity contribution in [3.05, 3.63) is 12.7 Å². The van der Waals surface area contributed by atoms with Gasteiger partial charge in [0.05, 0.1) is 11.5 Å². The van der Waals surface area contributed by atoms with E-state index in [0.717, 1.165) is 0 Å². The van der Waals surface area contributed by atoms with E-state index >= 15 is 0 Å². The van der Waals surface area contributed by atoms with Gasteiger partial charge < -0.3 is 10.6 Å². The lowest BCUT2D eigenvalue weighted by molar-refractivity contribution is -0.122. The van der Waals surface area contributed by atoms with Crippen LogP contribution in [0.3, 0.4) is 0 Å². The van der Waals surface area contributed by atoms with Gasteiger partial charge in [0, 0.05) is 25.0 Å². The second-order valence-electron chi connectivity index (χ2n) is 4.46. The van der Waals surface area contributed by atoms with E-state index in [9.17, 15) is 13.2 Å². The maximum Gasteiger partial charge on any atom is 0.221 e. The first-order valence-corrected chi connectivity index (χ1v) is 7.59. The third-order valence-electron chi connectivity index (χ3n) is 2.66. The Morgan fingerprint density at radius 1 is 1.65 bits per heavy atom. The number of hydrogen-bond donors (Lipinski definition) is 2. The van der Waals surface area contributed by atoms with Gasteiger partial charge in [0.15, 0.2) is 9.84 Å². The second-order valence-corrected chi connectivity index (χ2v) is 6.69. The van der Waals surface area contributed by atoms with Crippen LogP contribution in [0.4, 0.5) is 0 Å². The molecule has 17 heavy (non-hydrogen) atoms. The predicted octanol–water partition coefficient (Wildman–Crippen LogP) is -0.156. The fraction of sp³-hybridized carbons (Fsp3) is 0.727. The zero-order chi connectivity index (χ0) is 12.9. The van der Waals surface area contributed by atoms with Crippen molar-refractivity contribution in [3.63, 3.8) is 0 Å². The third-order valence-corrected chi connectivity index (χ3v) is 4.40. The monoisotopic (exact) mass is 260 g/mol. The summed E-state index contributed by atoms with van der Waals surface area (Å²) in [6.07, 6.45) is 2.66. The van der Waals surface area contributed by atoms with Gasteiger partial charge in [0.25, 0.3) is 0 Å². The Balaban J connectivity index is 2.38. The highest BCUT2D eigenvalue weighted by molar-refractivity contribution is 7.91. The second kappa shape index (κ2) is 6.16. The average molecular weight is 260 g/mol. The van der Waals surface area contributed by atoms with Gasteiger partial charge in [-0.2, -0.15) is 0 Å². The van der Waals surface area contributed by atoms with Crippen molar-refractivity contribution < 1.29 is 13.2 Å². The Morgan fingerprint density at radius 3 is 2.94 bits per heavy atom. The lowest BCUT2D eigenvalue weighted by Crippen LogP contribution is -2.48. The molecule has 6 heteroatoms. The van der Waals surface area contributed by atoms with Crippen LogP contribution >= 0.6 is 0 Å². The summed E-state index contributed by atoms with van der Waals surface area (Å²) in [4.78, 5) is 11.6. The van der Waals surface area contributed by atoms with Gasteiger partial charge in [-0.1, -0.05) is 6.08 Å². The van der Waals surface area contributed by atoms with Crippen LogP contribution in [0.25, 0.3) is 0 Å². The van der Waals surface area contributed by atoms with E-state index in [4.69, 9.17) is 0 Å². The first-order chi connectivity index (χ1) is 7.93. The number of amides is 1. The van der Waals surface area contributed by atoms with Gasteiger partial charge >= 0.3 is 0 Å². The molecule has 1 saturated heterocycles. The number of carbonyl (C=O) groups is 1. The van der Waals surface area contributed by atoms with Crippen LogP contribution in [0.1, 0.15) is 19.8 Å². The van der Waals surface area contributed by atoms with Crippen molar-refractivity contribution in [3.8, 4) is 0 Å². The first kappa shape index (κ1) is 14.2. The Morgan fingerprint density at radius 2 is 2.35 bits per heavy atom. The Bertz CT molecular complexity index is 378. The molecule has 1 amide bonds. The molecular weight excluding hydrogens is 240 g/mol. The zero-order valence-corrected chi connectivity index (χ0v) is 10.9. The van der Waals surface area contributed by atoms with E-state index in [-0.39, 0.29) is 35.9 Å². The van der Waals surface area contributed by atoms with Crippen molar-refractivity contribution in [2.75, 3.05) is 18.1 Å². The minimum absolute atomic E-state index is 0.0418. The van der Waals surface area contributed by atoms with Crippen LogP contribution in [0.5, 0.6) is 0 Å². The highest BCUT2D eigenvalue weighted by Crippen LogP contribution is 2.05. The number of sulfone groups is 1. The summed E-state index contributed by atoms with van der Waals surface area (Å²) in [5, 5.41) is 5.86. The van der Waals surface area contributed by atoms with Crippen LogP contribution in [0.15, 0.2) is 12.7 Å². The van der Waals surface area contributed by atoms with E-state index in [2.05, 4.69) is 17.2 Å². The number of carbonyl (C=O) groups excluding carboxylic acids is 1. The highest BCUT2D eigenvalue weighted by Gasteiger charge is 2.26. The topological polar surface area (TPSA) is 75.3 Å². The van der Waals surface area contributed by atoms with Crippen molar-refractivity contribution in [2.45, 2.75) is 31.8 Å². The van der Waals surface area contributed by atoms with Gasteiger partial charge in [0.2, 0.25) is 5.91 Å². The standard InChI is InChI=1S/C11H20N2O3S/c1-3-4-9(2)13-11(14)7-10-8-17(15,16)6-5-12-10/h3,9-10,12H,1,4-8H2,2H3,(H,13,14). The van der Waals surface area contributed by atoms with Gasteiger partial charge in [0.1, 0.15) is 0 Å². The summed E-state index contributed by atoms with van der Waals surface area (Å²) in [7, 11) is -2.97. The Labute approximate surface area is 103 Å². The van der Waals surface area contributed by atoms with Gasteiger partial charge in [-0.15, -0.1) is 6.58 Å². The number of hydrogen-bond acceptors (Lipinski definition) is 4. The molecule has 1 aliphatic rings. The number of rotatable bonds is 5. The molecule has 0 aliphatic carbocycles. The maximum atomic E-state index is 11.6. The quantitative estimate of drug-likeness (QED) is 0.674. The molecule has 1 heterocycles. The molecule has 1 rings (SSSR count). The minimum atomic E-state index is -2.97. The molecule has 2 N–H and O–H groups in total. The summed E-state index contributed by atoms with van der Waals surface area (Å²) in [5.74, 6) is 0.0998. The Hall–Kier alpha value is -0.880. The minimum Gasteiger partial charge on any atom is -0.353 e. The highest BCUT2D eigenvalue weighted by atomic mass is 32.2. The molecule has 0 spiro atoms. The van der Waals surface area contributed by atoms with Crippen molar-refractivity contribution in [2.24, 2.45) is 0 Å².